The molecule has 0 aromatic heterocycles. The van der Waals surface area contributed by atoms with Gasteiger partial charge in [-0.3, -0.25) is 4.79 Å². The van der Waals surface area contributed by atoms with Crippen LogP contribution in [-0.4, -0.2) is 24.5 Å². The van der Waals surface area contributed by atoms with Gasteiger partial charge < -0.3 is 0 Å². The van der Waals surface area contributed by atoms with Crippen molar-refractivity contribution in [1.82, 2.24) is 4.31 Å². The van der Waals surface area contributed by atoms with E-state index in [1.165, 1.54) is 0 Å². The predicted octanol–water partition coefficient (Wildman–Crippen LogP) is 4.52. The Kier molecular flexibility index (Phi) is 4.87. The first-order valence-electron chi connectivity index (χ1n) is 9.26. The predicted molar refractivity (Wildman–Crippen MR) is 105 cm³/mol. The van der Waals surface area contributed by atoms with Gasteiger partial charge in [0.15, 0.2) is 0 Å². The van der Waals surface area contributed by atoms with E-state index in [9.17, 15) is 13.2 Å². The normalized spacial score (nSPS) is 26.1. The lowest BCUT2D eigenvalue weighted by Gasteiger charge is -2.42. The fourth-order valence-electron chi connectivity index (χ4n) is 4.39. The molecule has 0 amide bonds. The van der Waals surface area contributed by atoms with Crippen LogP contribution in [0, 0.1) is 12.8 Å². The minimum absolute atomic E-state index is 0.174. The van der Waals surface area contributed by atoms with E-state index in [1.54, 1.807) is 28.6 Å². The summed E-state index contributed by atoms with van der Waals surface area (Å²) in [7, 11) is -3.72. The molecule has 2 aromatic carbocycles. The van der Waals surface area contributed by atoms with Crippen LogP contribution in [0.4, 0.5) is 0 Å². The number of Topliss-reactive ketones (excluding diaryl/α,β-unsaturated/α-hetero) is 1. The summed E-state index contributed by atoms with van der Waals surface area (Å²) < 4.78 is 28.8. The van der Waals surface area contributed by atoms with Crippen molar-refractivity contribution in [1.29, 1.82) is 0 Å². The van der Waals surface area contributed by atoms with Crippen LogP contribution >= 0.6 is 11.6 Å². The van der Waals surface area contributed by atoms with Gasteiger partial charge in [-0.15, -0.1) is 0 Å². The van der Waals surface area contributed by atoms with Gasteiger partial charge in [0.1, 0.15) is 5.78 Å². The lowest BCUT2D eigenvalue weighted by molar-refractivity contribution is -0.128. The molecule has 6 heteroatoms. The van der Waals surface area contributed by atoms with E-state index >= 15 is 0 Å². The molecule has 5 rings (SSSR count). The highest BCUT2D eigenvalue weighted by Gasteiger charge is 2.50. The summed E-state index contributed by atoms with van der Waals surface area (Å²) >= 11 is 6.03. The molecule has 3 aliphatic rings. The Labute approximate surface area is 165 Å². The van der Waals surface area contributed by atoms with Gasteiger partial charge in [-0.1, -0.05) is 47.9 Å². The van der Waals surface area contributed by atoms with E-state index in [-0.39, 0.29) is 22.6 Å². The summed E-state index contributed by atoms with van der Waals surface area (Å²) in [4.78, 5) is 13.0. The van der Waals surface area contributed by atoms with Crippen molar-refractivity contribution in [2.75, 3.05) is 0 Å². The summed E-state index contributed by atoms with van der Waals surface area (Å²) in [6.45, 7) is 1.93. The van der Waals surface area contributed by atoms with Crippen LogP contribution in [0.5, 0.6) is 0 Å². The van der Waals surface area contributed by atoms with Crippen LogP contribution in [0.2, 0.25) is 5.02 Å². The molecule has 27 heavy (non-hydrogen) atoms. The zero-order valence-corrected chi connectivity index (χ0v) is 16.7. The first kappa shape index (κ1) is 18.7. The molecular weight excluding hydrogens is 382 g/mol. The average molecular weight is 404 g/mol. The third-order valence-corrected chi connectivity index (χ3v) is 7.93. The summed E-state index contributed by atoms with van der Waals surface area (Å²) in [5, 5.41) is 0.594. The van der Waals surface area contributed by atoms with Crippen LogP contribution in [0.15, 0.2) is 53.4 Å². The molecule has 142 valence electrons. The number of nitrogens with zero attached hydrogens (tertiary/aromatic N) is 1. The molecule has 1 saturated carbocycles. The maximum absolute atomic E-state index is 13.6. The SMILES string of the molecule is Cc1ccc(S(=O)(=O)N2[C@H]3CCC[C@H](C(=O)C3)[C@H]2c2ccc(Cl)cc2)cc1. The Morgan fingerprint density at radius 1 is 1.00 bits per heavy atom. The first-order chi connectivity index (χ1) is 12.9. The van der Waals surface area contributed by atoms with Gasteiger partial charge in [0.2, 0.25) is 10.0 Å². The highest BCUT2D eigenvalue weighted by atomic mass is 35.5. The number of rotatable bonds is 3. The number of carbonyl (C=O) groups excluding carboxylic acids is 1. The Hall–Kier alpha value is -1.69. The van der Waals surface area contributed by atoms with Crippen molar-refractivity contribution in [2.24, 2.45) is 5.92 Å². The number of fused-ring (bicyclic) bond motifs is 4. The number of aryl methyl sites for hydroxylation is 1. The molecule has 1 aliphatic carbocycles. The van der Waals surface area contributed by atoms with Gasteiger partial charge in [0.05, 0.1) is 10.9 Å². The topological polar surface area (TPSA) is 54.5 Å². The van der Waals surface area contributed by atoms with Crippen LogP contribution in [-0.2, 0) is 14.8 Å². The number of hydrogen-bond donors (Lipinski definition) is 0. The van der Waals surface area contributed by atoms with Gasteiger partial charge in [0.25, 0.3) is 0 Å². The maximum atomic E-state index is 13.6. The van der Waals surface area contributed by atoms with Crippen molar-refractivity contribution >= 4 is 27.4 Å². The monoisotopic (exact) mass is 403 g/mol. The number of benzene rings is 2. The van der Waals surface area contributed by atoms with Crippen LogP contribution < -0.4 is 0 Å². The largest absolute Gasteiger partial charge is 0.299 e. The lowest BCUT2D eigenvalue weighted by Crippen LogP contribution is -2.50. The van der Waals surface area contributed by atoms with Crippen molar-refractivity contribution in [3.8, 4) is 0 Å². The summed E-state index contributed by atoms with van der Waals surface area (Å²) in [5.41, 5.74) is 1.84. The third kappa shape index (κ3) is 3.33. The second-order valence-electron chi connectivity index (χ2n) is 7.51. The van der Waals surface area contributed by atoms with Crippen LogP contribution in [0.3, 0.4) is 0 Å². The van der Waals surface area contributed by atoms with E-state index in [0.29, 0.717) is 11.4 Å². The molecule has 0 unspecified atom stereocenters. The Balaban J connectivity index is 1.85. The molecule has 0 radical (unpaired) electrons. The quantitative estimate of drug-likeness (QED) is 0.756. The molecule has 4 nitrogen and oxygen atoms in total. The van der Waals surface area contributed by atoms with Crippen LogP contribution in [0.25, 0.3) is 0 Å². The molecule has 3 atom stereocenters. The van der Waals surface area contributed by atoms with Gasteiger partial charge >= 0.3 is 0 Å². The molecule has 2 heterocycles. The van der Waals surface area contributed by atoms with E-state index in [4.69, 9.17) is 11.6 Å². The molecule has 2 aromatic rings. The standard InChI is InChI=1S/C21H22ClNO3S/c1-14-5-11-18(12-6-14)27(25,26)23-17-3-2-4-19(20(24)13-17)21(23)15-7-9-16(22)10-8-15/h5-12,17,19,21H,2-4,13H2,1H3/t17-,19+,21+/m0/s1. The number of halogens is 1. The second-order valence-corrected chi connectivity index (χ2v) is 9.79. The van der Waals surface area contributed by atoms with Crippen molar-refractivity contribution < 1.29 is 13.2 Å². The van der Waals surface area contributed by atoms with Gasteiger partial charge in [-0.25, -0.2) is 8.42 Å². The van der Waals surface area contributed by atoms with E-state index in [0.717, 1.165) is 30.4 Å². The number of piperidine rings is 1. The van der Waals surface area contributed by atoms with Crippen molar-refractivity contribution in [3.05, 3.63) is 64.7 Å². The highest BCUT2D eigenvalue weighted by Crippen LogP contribution is 2.46. The Bertz CT molecular complexity index is 954. The second kappa shape index (κ2) is 7.04. The van der Waals surface area contributed by atoms with E-state index in [2.05, 4.69) is 0 Å². The summed E-state index contributed by atoms with van der Waals surface area (Å²) in [6, 6.07) is 13.4. The number of hydrogen-bond acceptors (Lipinski definition) is 3. The van der Waals surface area contributed by atoms with E-state index < -0.39 is 16.1 Å². The molecule has 0 spiro atoms. The molecule has 0 N–H and O–H groups in total. The zero-order chi connectivity index (χ0) is 19.2. The van der Waals surface area contributed by atoms with Crippen molar-refractivity contribution in [2.45, 2.75) is 49.6 Å². The average Bonchev–Trinajstić information content (AvgIpc) is 2.94. The Morgan fingerprint density at radius 3 is 2.33 bits per heavy atom. The van der Waals surface area contributed by atoms with Crippen LogP contribution in [0.1, 0.15) is 42.9 Å². The van der Waals surface area contributed by atoms with Gasteiger partial charge in [-0.05, 0) is 49.6 Å². The maximum Gasteiger partial charge on any atom is 0.243 e. The minimum atomic E-state index is -3.72. The summed E-state index contributed by atoms with van der Waals surface area (Å²) in [6.07, 6.45) is 2.62. The molecular formula is C21H22ClNO3S. The number of ketones is 1. The smallest absolute Gasteiger partial charge is 0.243 e. The number of sulfonamides is 1. The first-order valence-corrected chi connectivity index (χ1v) is 11.1. The highest BCUT2D eigenvalue weighted by molar-refractivity contribution is 7.89. The minimum Gasteiger partial charge on any atom is -0.299 e. The Morgan fingerprint density at radius 2 is 1.67 bits per heavy atom. The van der Waals surface area contributed by atoms with E-state index in [1.807, 2.05) is 31.2 Å². The third-order valence-electron chi connectivity index (χ3n) is 5.73. The molecule has 2 aliphatic heterocycles. The molecule has 2 saturated heterocycles. The van der Waals surface area contributed by atoms with Gasteiger partial charge in [0, 0.05) is 23.4 Å². The molecule has 2 bridgehead atoms. The lowest BCUT2D eigenvalue weighted by atomic mass is 9.83. The number of carbonyl (C=O) groups is 1. The molecule has 3 fully saturated rings. The fourth-order valence-corrected chi connectivity index (χ4v) is 6.38. The fraction of sp³-hybridized carbons (Fsp3) is 0.381. The van der Waals surface area contributed by atoms with Crippen molar-refractivity contribution in [3.63, 3.8) is 0 Å². The summed E-state index contributed by atoms with van der Waals surface area (Å²) in [5.74, 6) is -0.127. The van der Waals surface area contributed by atoms with Gasteiger partial charge in [-0.2, -0.15) is 4.31 Å². The zero-order valence-electron chi connectivity index (χ0n) is 15.1.